The number of rotatable bonds is 3. The molecular formula is C12H22O5. The van der Waals surface area contributed by atoms with Gasteiger partial charge in [-0.3, -0.25) is 4.79 Å². The van der Waals surface area contributed by atoms with Crippen molar-refractivity contribution in [1.29, 1.82) is 0 Å². The number of carbonyl (C=O) groups excluding carboxylic acids is 1. The van der Waals surface area contributed by atoms with Crippen molar-refractivity contribution in [2.75, 3.05) is 0 Å². The van der Waals surface area contributed by atoms with E-state index in [1.807, 2.05) is 0 Å². The lowest BCUT2D eigenvalue weighted by Gasteiger charge is -2.49. The third kappa shape index (κ3) is 2.77. The summed E-state index contributed by atoms with van der Waals surface area (Å²) in [4.78, 5) is 26.6. The van der Waals surface area contributed by atoms with E-state index in [1.54, 1.807) is 41.5 Å². The number of carboxylic acids is 1. The molecule has 0 amide bonds. The summed E-state index contributed by atoms with van der Waals surface area (Å²) in [5.74, 6) is -2.00. The van der Waals surface area contributed by atoms with Gasteiger partial charge in [-0.1, -0.05) is 41.5 Å². The van der Waals surface area contributed by atoms with Gasteiger partial charge in [-0.05, 0) is 10.8 Å². The molecule has 0 rings (SSSR count). The largest absolute Gasteiger partial charge is 0.481 e. The van der Waals surface area contributed by atoms with Crippen LogP contribution in [0.5, 0.6) is 0 Å². The van der Waals surface area contributed by atoms with Crippen molar-refractivity contribution in [3.05, 3.63) is 0 Å². The molecule has 0 heterocycles. The van der Waals surface area contributed by atoms with E-state index in [0.717, 1.165) is 0 Å². The van der Waals surface area contributed by atoms with Gasteiger partial charge >= 0.3 is 11.9 Å². The zero-order valence-corrected chi connectivity index (χ0v) is 11.3. The molecule has 5 heteroatoms. The minimum atomic E-state index is -1.32. The summed E-state index contributed by atoms with van der Waals surface area (Å²) in [7, 11) is 0. The van der Waals surface area contributed by atoms with Crippen molar-refractivity contribution in [2.45, 2.75) is 48.0 Å². The SMILES string of the molecule is CC(C)(C)C(CC(=O)OO)(C(=O)O)C(C)(C)C. The monoisotopic (exact) mass is 246 g/mol. The highest BCUT2D eigenvalue weighted by Gasteiger charge is 2.58. The standard InChI is InChI=1S/C12H22O5/c1-10(2,3)12(9(14)15,11(4,5)6)7-8(13)17-16/h16H,7H2,1-6H3,(H,14,15). The number of hydrogen-bond acceptors (Lipinski definition) is 4. The lowest BCUT2D eigenvalue weighted by Crippen LogP contribution is -2.53. The molecule has 0 aromatic rings. The topological polar surface area (TPSA) is 83.8 Å². The van der Waals surface area contributed by atoms with E-state index in [-0.39, 0.29) is 6.42 Å². The highest BCUT2D eigenvalue weighted by molar-refractivity contribution is 5.83. The molecule has 0 aliphatic rings. The van der Waals surface area contributed by atoms with Crippen LogP contribution in [-0.2, 0) is 14.5 Å². The molecule has 5 nitrogen and oxygen atoms in total. The molecule has 0 aromatic carbocycles. The van der Waals surface area contributed by atoms with Crippen LogP contribution in [0.15, 0.2) is 0 Å². The number of carbonyl (C=O) groups is 2. The second kappa shape index (κ2) is 4.64. The van der Waals surface area contributed by atoms with Gasteiger partial charge in [0.05, 0.1) is 11.8 Å². The van der Waals surface area contributed by atoms with E-state index in [9.17, 15) is 14.7 Å². The van der Waals surface area contributed by atoms with Gasteiger partial charge in [0.25, 0.3) is 0 Å². The zero-order chi connectivity index (χ0) is 14.1. The van der Waals surface area contributed by atoms with Crippen molar-refractivity contribution in [2.24, 2.45) is 16.2 Å². The Bertz CT molecular complexity index is 292. The van der Waals surface area contributed by atoms with Gasteiger partial charge in [0, 0.05) is 0 Å². The molecule has 0 bridgehead atoms. The number of aliphatic carboxylic acids is 1. The summed E-state index contributed by atoms with van der Waals surface area (Å²) in [5, 5.41) is 17.9. The van der Waals surface area contributed by atoms with E-state index in [2.05, 4.69) is 4.89 Å². The number of hydrogen-bond donors (Lipinski definition) is 2. The second-order valence-corrected chi connectivity index (χ2v) is 6.35. The van der Waals surface area contributed by atoms with Crippen molar-refractivity contribution in [3.8, 4) is 0 Å². The average Bonchev–Trinajstić information content (AvgIpc) is 2.08. The Morgan fingerprint density at radius 3 is 1.53 bits per heavy atom. The molecule has 0 fully saturated rings. The Hall–Kier alpha value is -1.10. The predicted molar refractivity (Wildman–Crippen MR) is 62.3 cm³/mol. The fraction of sp³-hybridized carbons (Fsp3) is 0.833. The molecule has 0 radical (unpaired) electrons. The molecule has 100 valence electrons. The first-order chi connectivity index (χ1) is 7.40. The molecule has 0 spiro atoms. The molecule has 0 saturated heterocycles. The van der Waals surface area contributed by atoms with Crippen molar-refractivity contribution in [3.63, 3.8) is 0 Å². The summed E-state index contributed by atoms with van der Waals surface area (Å²) >= 11 is 0. The Morgan fingerprint density at radius 2 is 1.35 bits per heavy atom. The van der Waals surface area contributed by atoms with Gasteiger partial charge in [-0.15, -0.1) is 0 Å². The van der Waals surface area contributed by atoms with Crippen LogP contribution in [0.25, 0.3) is 0 Å². The van der Waals surface area contributed by atoms with Crippen LogP contribution >= 0.6 is 0 Å². The first kappa shape index (κ1) is 15.9. The fourth-order valence-electron chi connectivity index (χ4n) is 2.62. The summed E-state index contributed by atoms with van der Waals surface area (Å²) < 4.78 is 0. The fourth-order valence-corrected chi connectivity index (χ4v) is 2.62. The Morgan fingerprint density at radius 1 is 1.00 bits per heavy atom. The van der Waals surface area contributed by atoms with E-state index in [4.69, 9.17) is 5.26 Å². The molecule has 0 unspecified atom stereocenters. The van der Waals surface area contributed by atoms with Crippen LogP contribution in [-0.4, -0.2) is 22.3 Å². The van der Waals surface area contributed by atoms with Crippen molar-refractivity contribution < 1.29 is 24.8 Å². The zero-order valence-electron chi connectivity index (χ0n) is 11.3. The lowest BCUT2D eigenvalue weighted by molar-refractivity contribution is -0.241. The Kier molecular flexibility index (Phi) is 4.34. The van der Waals surface area contributed by atoms with Crippen molar-refractivity contribution >= 4 is 11.9 Å². The third-order valence-electron chi connectivity index (χ3n) is 3.44. The smallest absolute Gasteiger partial charge is 0.343 e. The molecule has 0 aliphatic heterocycles. The minimum absolute atomic E-state index is 0.369. The summed E-state index contributed by atoms with van der Waals surface area (Å²) in [6.07, 6.45) is -0.369. The predicted octanol–water partition coefficient (Wildman–Crippen LogP) is 2.56. The molecule has 2 N–H and O–H groups in total. The van der Waals surface area contributed by atoms with Gasteiger partial charge in [0.1, 0.15) is 0 Å². The Balaban J connectivity index is 5.78. The minimum Gasteiger partial charge on any atom is -0.481 e. The average molecular weight is 246 g/mol. The molecule has 0 aliphatic carbocycles. The summed E-state index contributed by atoms with van der Waals surface area (Å²) in [6.45, 7) is 10.6. The first-order valence-corrected chi connectivity index (χ1v) is 5.48. The third-order valence-corrected chi connectivity index (χ3v) is 3.44. The first-order valence-electron chi connectivity index (χ1n) is 5.48. The van der Waals surface area contributed by atoms with Crippen LogP contribution in [0.4, 0.5) is 0 Å². The van der Waals surface area contributed by atoms with Crippen molar-refractivity contribution in [1.82, 2.24) is 0 Å². The van der Waals surface area contributed by atoms with Crippen LogP contribution in [0.3, 0.4) is 0 Å². The van der Waals surface area contributed by atoms with Gasteiger partial charge in [0.15, 0.2) is 0 Å². The molecule has 0 aromatic heterocycles. The van der Waals surface area contributed by atoms with Gasteiger partial charge < -0.3 is 9.99 Å². The second-order valence-electron chi connectivity index (χ2n) is 6.35. The van der Waals surface area contributed by atoms with Gasteiger partial charge in [-0.25, -0.2) is 4.79 Å². The van der Waals surface area contributed by atoms with E-state index >= 15 is 0 Å². The summed E-state index contributed by atoms with van der Waals surface area (Å²) in [5.41, 5.74) is -2.64. The van der Waals surface area contributed by atoms with Crippen LogP contribution in [0, 0.1) is 16.2 Å². The van der Waals surface area contributed by atoms with E-state index in [1.165, 1.54) is 0 Å². The van der Waals surface area contributed by atoms with Gasteiger partial charge in [0.2, 0.25) is 0 Å². The molecule has 0 saturated carbocycles. The Labute approximate surface area is 102 Å². The lowest BCUT2D eigenvalue weighted by atomic mass is 9.52. The highest BCUT2D eigenvalue weighted by atomic mass is 17.1. The maximum absolute atomic E-state index is 11.7. The quantitative estimate of drug-likeness (QED) is 0.590. The van der Waals surface area contributed by atoms with E-state index < -0.39 is 28.2 Å². The van der Waals surface area contributed by atoms with E-state index in [0.29, 0.717) is 0 Å². The normalized spacial score (nSPS) is 13.4. The molecule has 0 atom stereocenters. The van der Waals surface area contributed by atoms with Gasteiger partial charge in [-0.2, -0.15) is 5.26 Å². The molecule has 17 heavy (non-hydrogen) atoms. The van der Waals surface area contributed by atoms with Crippen LogP contribution < -0.4 is 0 Å². The van der Waals surface area contributed by atoms with Crippen LogP contribution in [0.1, 0.15) is 48.0 Å². The summed E-state index contributed by atoms with van der Waals surface area (Å²) in [6, 6.07) is 0. The molecular weight excluding hydrogens is 224 g/mol. The number of carboxylic acid groups (broad SMARTS) is 1. The van der Waals surface area contributed by atoms with Crippen LogP contribution in [0.2, 0.25) is 0 Å². The highest BCUT2D eigenvalue weighted by Crippen LogP contribution is 2.54. The maximum Gasteiger partial charge on any atom is 0.343 e. The maximum atomic E-state index is 11.7.